The maximum Gasteiger partial charge on any atom is 0.227 e. The van der Waals surface area contributed by atoms with Gasteiger partial charge in [-0.05, 0) is 24.6 Å². The van der Waals surface area contributed by atoms with Gasteiger partial charge in [0, 0.05) is 24.7 Å². The molecule has 0 spiro atoms. The van der Waals surface area contributed by atoms with Gasteiger partial charge < -0.3 is 10.6 Å². The number of amides is 1. The van der Waals surface area contributed by atoms with Gasteiger partial charge in [0.2, 0.25) is 5.91 Å². The Kier molecular flexibility index (Phi) is 5.29. The molecule has 88 valence electrons. The van der Waals surface area contributed by atoms with Gasteiger partial charge in [0.1, 0.15) is 0 Å². The number of nitrogens with two attached hydrogens (primary N) is 1. The summed E-state index contributed by atoms with van der Waals surface area (Å²) in [7, 11) is 0. The minimum absolute atomic E-state index is 0.107. The van der Waals surface area contributed by atoms with E-state index in [1.165, 1.54) is 0 Å². The van der Waals surface area contributed by atoms with E-state index in [4.69, 9.17) is 17.3 Å². The molecular formula is C12H17ClN2O. The van der Waals surface area contributed by atoms with E-state index in [1.807, 2.05) is 19.1 Å². The maximum absolute atomic E-state index is 11.9. The number of nitrogens with zero attached hydrogens (tertiary/aromatic N) is 1. The number of carbonyl (C=O) groups is 1. The summed E-state index contributed by atoms with van der Waals surface area (Å²) in [5.41, 5.74) is 6.42. The topological polar surface area (TPSA) is 46.3 Å². The Bertz CT molecular complexity index is 337. The van der Waals surface area contributed by atoms with Crippen molar-refractivity contribution < 1.29 is 4.79 Å². The summed E-state index contributed by atoms with van der Waals surface area (Å²) >= 11 is 5.78. The van der Waals surface area contributed by atoms with Crippen LogP contribution in [0.25, 0.3) is 0 Å². The molecule has 0 aliphatic carbocycles. The van der Waals surface area contributed by atoms with Gasteiger partial charge in [-0.3, -0.25) is 4.79 Å². The SMILES string of the molecule is CCN(CCN)C(=O)Cc1ccc(Cl)cc1. The molecule has 3 nitrogen and oxygen atoms in total. The predicted molar refractivity (Wildman–Crippen MR) is 66.5 cm³/mol. The normalized spacial score (nSPS) is 10.2. The van der Waals surface area contributed by atoms with Crippen LogP contribution < -0.4 is 5.73 Å². The second-order valence-electron chi connectivity index (χ2n) is 3.57. The molecule has 4 heteroatoms. The van der Waals surface area contributed by atoms with Crippen molar-refractivity contribution in [2.45, 2.75) is 13.3 Å². The number of rotatable bonds is 5. The van der Waals surface area contributed by atoms with Crippen LogP contribution in [0, 0.1) is 0 Å². The van der Waals surface area contributed by atoms with Crippen LogP contribution in [-0.2, 0) is 11.2 Å². The third-order valence-electron chi connectivity index (χ3n) is 2.40. The molecule has 0 radical (unpaired) electrons. The van der Waals surface area contributed by atoms with E-state index in [1.54, 1.807) is 17.0 Å². The number of halogens is 1. The maximum atomic E-state index is 11.9. The summed E-state index contributed by atoms with van der Waals surface area (Å²) in [6.45, 7) is 3.77. The highest BCUT2D eigenvalue weighted by molar-refractivity contribution is 6.30. The van der Waals surface area contributed by atoms with Crippen LogP contribution in [0.1, 0.15) is 12.5 Å². The zero-order valence-electron chi connectivity index (χ0n) is 9.45. The molecule has 1 rings (SSSR count). The standard InChI is InChI=1S/C12H17ClN2O/c1-2-15(8-7-14)12(16)9-10-3-5-11(13)6-4-10/h3-6H,2,7-9,14H2,1H3. The number of benzene rings is 1. The molecule has 0 aliphatic rings. The smallest absolute Gasteiger partial charge is 0.227 e. The minimum Gasteiger partial charge on any atom is -0.341 e. The zero-order chi connectivity index (χ0) is 12.0. The monoisotopic (exact) mass is 240 g/mol. The van der Waals surface area contributed by atoms with Crippen LogP contribution >= 0.6 is 11.6 Å². The van der Waals surface area contributed by atoms with Gasteiger partial charge in [-0.15, -0.1) is 0 Å². The van der Waals surface area contributed by atoms with Crippen molar-refractivity contribution in [2.24, 2.45) is 5.73 Å². The van der Waals surface area contributed by atoms with Crippen LogP contribution in [-0.4, -0.2) is 30.4 Å². The van der Waals surface area contributed by atoms with Crippen LogP contribution in [0.5, 0.6) is 0 Å². The molecule has 0 bridgehead atoms. The highest BCUT2D eigenvalue weighted by Crippen LogP contribution is 2.10. The average Bonchev–Trinajstić information content (AvgIpc) is 2.29. The molecule has 0 heterocycles. The summed E-state index contributed by atoms with van der Waals surface area (Å²) in [5, 5.41) is 0.686. The molecule has 0 aliphatic heterocycles. The second-order valence-corrected chi connectivity index (χ2v) is 4.00. The van der Waals surface area contributed by atoms with Crippen LogP contribution in [0.2, 0.25) is 5.02 Å². The Morgan fingerprint density at radius 2 is 2.00 bits per heavy atom. The fourth-order valence-corrected chi connectivity index (χ4v) is 1.63. The molecular weight excluding hydrogens is 224 g/mol. The van der Waals surface area contributed by atoms with E-state index in [-0.39, 0.29) is 5.91 Å². The first-order chi connectivity index (χ1) is 7.67. The van der Waals surface area contributed by atoms with Gasteiger partial charge in [-0.25, -0.2) is 0 Å². The Morgan fingerprint density at radius 3 is 2.50 bits per heavy atom. The van der Waals surface area contributed by atoms with E-state index in [0.29, 0.717) is 31.1 Å². The lowest BCUT2D eigenvalue weighted by Gasteiger charge is -2.19. The Morgan fingerprint density at radius 1 is 1.38 bits per heavy atom. The third-order valence-corrected chi connectivity index (χ3v) is 2.65. The second kappa shape index (κ2) is 6.51. The molecule has 16 heavy (non-hydrogen) atoms. The molecule has 0 fully saturated rings. The van der Waals surface area contributed by atoms with Crippen molar-refractivity contribution in [3.63, 3.8) is 0 Å². The number of likely N-dealkylation sites (N-methyl/N-ethyl adjacent to an activating group) is 1. The van der Waals surface area contributed by atoms with E-state index in [9.17, 15) is 4.79 Å². The highest BCUT2D eigenvalue weighted by atomic mass is 35.5. The van der Waals surface area contributed by atoms with Gasteiger partial charge in [-0.1, -0.05) is 23.7 Å². The molecule has 1 amide bonds. The number of carbonyl (C=O) groups excluding carboxylic acids is 1. The van der Waals surface area contributed by atoms with Crippen LogP contribution in [0.4, 0.5) is 0 Å². The van der Waals surface area contributed by atoms with Crippen molar-refractivity contribution in [1.82, 2.24) is 4.90 Å². The van der Waals surface area contributed by atoms with Crippen LogP contribution in [0.15, 0.2) is 24.3 Å². The average molecular weight is 241 g/mol. The van der Waals surface area contributed by atoms with E-state index in [0.717, 1.165) is 5.56 Å². The minimum atomic E-state index is 0.107. The molecule has 2 N–H and O–H groups in total. The van der Waals surface area contributed by atoms with Crippen LogP contribution in [0.3, 0.4) is 0 Å². The zero-order valence-corrected chi connectivity index (χ0v) is 10.2. The Labute approximate surface area is 101 Å². The van der Waals surface area contributed by atoms with Crippen molar-refractivity contribution in [2.75, 3.05) is 19.6 Å². The first-order valence-electron chi connectivity index (χ1n) is 5.39. The number of hydrogen-bond acceptors (Lipinski definition) is 2. The quantitative estimate of drug-likeness (QED) is 0.852. The lowest BCUT2D eigenvalue weighted by Crippen LogP contribution is -2.36. The number of hydrogen-bond donors (Lipinski definition) is 1. The van der Waals surface area contributed by atoms with Crippen molar-refractivity contribution in [3.05, 3.63) is 34.9 Å². The van der Waals surface area contributed by atoms with E-state index >= 15 is 0 Å². The largest absolute Gasteiger partial charge is 0.341 e. The summed E-state index contributed by atoms with van der Waals surface area (Å²) in [5.74, 6) is 0.107. The molecule has 0 saturated carbocycles. The fraction of sp³-hybridized carbons (Fsp3) is 0.417. The molecule has 0 saturated heterocycles. The summed E-state index contributed by atoms with van der Waals surface area (Å²) < 4.78 is 0. The fourth-order valence-electron chi connectivity index (χ4n) is 1.50. The van der Waals surface area contributed by atoms with E-state index in [2.05, 4.69) is 0 Å². The van der Waals surface area contributed by atoms with Gasteiger partial charge >= 0.3 is 0 Å². The predicted octanol–water partition coefficient (Wildman–Crippen LogP) is 1.69. The lowest BCUT2D eigenvalue weighted by molar-refractivity contribution is -0.130. The van der Waals surface area contributed by atoms with Crippen molar-refractivity contribution in [1.29, 1.82) is 0 Å². The molecule has 0 atom stereocenters. The first kappa shape index (κ1) is 13.0. The summed E-state index contributed by atoms with van der Waals surface area (Å²) in [6, 6.07) is 7.33. The summed E-state index contributed by atoms with van der Waals surface area (Å²) in [6.07, 6.45) is 0.408. The van der Waals surface area contributed by atoms with E-state index < -0.39 is 0 Å². The van der Waals surface area contributed by atoms with Gasteiger partial charge in [0.05, 0.1) is 6.42 Å². The molecule has 0 aromatic heterocycles. The van der Waals surface area contributed by atoms with Gasteiger partial charge in [0.15, 0.2) is 0 Å². The molecule has 1 aromatic carbocycles. The highest BCUT2D eigenvalue weighted by Gasteiger charge is 2.10. The Balaban J connectivity index is 2.59. The van der Waals surface area contributed by atoms with Gasteiger partial charge in [-0.2, -0.15) is 0 Å². The molecule has 1 aromatic rings. The Hall–Kier alpha value is -1.06. The summed E-state index contributed by atoms with van der Waals surface area (Å²) in [4.78, 5) is 13.6. The van der Waals surface area contributed by atoms with Crippen molar-refractivity contribution in [3.8, 4) is 0 Å². The molecule has 0 unspecified atom stereocenters. The third kappa shape index (κ3) is 3.83. The first-order valence-corrected chi connectivity index (χ1v) is 5.77. The van der Waals surface area contributed by atoms with Crippen molar-refractivity contribution >= 4 is 17.5 Å². The van der Waals surface area contributed by atoms with Gasteiger partial charge in [0.25, 0.3) is 0 Å². The lowest BCUT2D eigenvalue weighted by atomic mass is 10.1.